The predicted molar refractivity (Wildman–Crippen MR) is 146 cm³/mol. The zero-order chi connectivity index (χ0) is 25.1. The average molecular weight is 533 g/mol. The van der Waals surface area contributed by atoms with Crippen molar-refractivity contribution in [2.75, 3.05) is 25.1 Å². The van der Waals surface area contributed by atoms with Crippen molar-refractivity contribution in [3.63, 3.8) is 0 Å². The standard InChI is InChI=1S/C29H26Cl2N4O2/c1-36-22-4-2-3-17-7-8-23(33-26(17)22)35-11-9-29(10-12-35)13-19(14-29)24-27(34-37-28(24)18-5-6-18)25-20(30)15-32-16-21(25)31/h2-4,7-8,13,15-16,18H,5-6,9-12,14H2,1H3. The summed E-state index contributed by atoms with van der Waals surface area (Å²) in [5, 5.41) is 6.53. The maximum Gasteiger partial charge on any atom is 0.147 e. The molecule has 1 spiro atoms. The van der Waals surface area contributed by atoms with Crippen molar-refractivity contribution in [1.82, 2.24) is 15.1 Å². The fourth-order valence-corrected chi connectivity index (χ4v) is 6.42. The number of para-hydroxylation sites is 1. The Morgan fingerprint density at radius 2 is 1.78 bits per heavy atom. The van der Waals surface area contributed by atoms with Gasteiger partial charge in [-0.25, -0.2) is 4.98 Å². The largest absolute Gasteiger partial charge is 0.494 e. The summed E-state index contributed by atoms with van der Waals surface area (Å²) >= 11 is 13.0. The molecular formula is C29H26Cl2N4O2. The lowest BCUT2D eigenvalue weighted by molar-refractivity contribution is 0.277. The summed E-state index contributed by atoms with van der Waals surface area (Å²) in [6, 6.07) is 10.3. The highest BCUT2D eigenvalue weighted by Gasteiger charge is 2.44. The quantitative estimate of drug-likeness (QED) is 0.264. The van der Waals surface area contributed by atoms with E-state index in [1.807, 2.05) is 12.1 Å². The third-order valence-electron chi connectivity index (χ3n) is 8.07. The molecule has 0 radical (unpaired) electrons. The second-order valence-corrected chi connectivity index (χ2v) is 11.2. The van der Waals surface area contributed by atoms with E-state index in [-0.39, 0.29) is 5.41 Å². The lowest BCUT2D eigenvalue weighted by Gasteiger charge is -2.46. The highest BCUT2D eigenvalue weighted by Crippen LogP contribution is 2.56. The maximum atomic E-state index is 6.51. The Bertz CT molecular complexity index is 1530. The smallest absolute Gasteiger partial charge is 0.147 e. The number of allylic oxidation sites excluding steroid dienone is 2. The number of fused-ring (bicyclic) bond motifs is 1. The minimum absolute atomic E-state index is 0.196. The summed E-state index contributed by atoms with van der Waals surface area (Å²) in [5.41, 5.74) is 4.94. The van der Waals surface area contributed by atoms with Crippen molar-refractivity contribution in [3.05, 3.63) is 70.2 Å². The second-order valence-electron chi connectivity index (χ2n) is 10.4. The zero-order valence-electron chi connectivity index (χ0n) is 20.5. The summed E-state index contributed by atoms with van der Waals surface area (Å²) in [6.45, 7) is 1.93. The topological polar surface area (TPSA) is 64.3 Å². The minimum atomic E-state index is 0.196. The van der Waals surface area contributed by atoms with Crippen LogP contribution in [0.3, 0.4) is 0 Å². The number of hydrogen-bond donors (Lipinski definition) is 0. The number of methoxy groups -OCH3 is 1. The number of aromatic nitrogens is 3. The predicted octanol–water partition coefficient (Wildman–Crippen LogP) is 7.55. The summed E-state index contributed by atoms with van der Waals surface area (Å²) in [6.07, 6.45) is 11.1. The summed E-state index contributed by atoms with van der Waals surface area (Å²) in [5.74, 6) is 3.23. The molecule has 3 aliphatic rings. The van der Waals surface area contributed by atoms with Gasteiger partial charge in [0, 0.05) is 47.9 Å². The van der Waals surface area contributed by atoms with Gasteiger partial charge in [-0.1, -0.05) is 46.6 Å². The van der Waals surface area contributed by atoms with E-state index < -0.39 is 0 Å². The molecular weight excluding hydrogens is 507 g/mol. The van der Waals surface area contributed by atoms with Crippen molar-refractivity contribution in [3.8, 4) is 17.0 Å². The van der Waals surface area contributed by atoms with Gasteiger partial charge in [-0.2, -0.15) is 0 Å². The van der Waals surface area contributed by atoms with Crippen LogP contribution in [-0.4, -0.2) is 35.3 Å². The second kappa shape index (κ2) is 8.74. The average Bonchev–Trinajstić information content (AvgIpc) is 3.66. The van der Waals surface area contributed by atoms with E-state index in [1.54, 1.807) is 19.5 Å². The van der Waals surface area contributed by atoms with E-state index >= 15 is 0 Å². The van der Waals surface area contributed by atoms with Crippen molar-refractivity contribution in [2.24, 2.45) is 5.41 Å². The molecule has 2 aliphatic carbocycles. The molecule has 7 rings (SSSR count). The van der Waals surface area contributed by atoms with Crippen LogP contribution < -0.4 is 9.64 Å². The third kappa shape index (κ3) is 3.89. The SMILES string of the molecule is COc1cccc2ccc(N3CCC4(C=C(c5c(-c6c(Cl)cncc6Cl)noc5C5CC5)C4)CC3)nc12. The maximum absolute atomic E-state index is 6.51. The molecule has 1 saturated heterocycles. The van der Waals surface area contributed by atoms with Crippen LogP contribution in [0.15, 0.2) is 53.3 Å². The third-order valence-corrected chi connectivity index (χ3v) is 8.65. The van der Waals surface area contributed by atoms with Gasteiger partial charge in [0.25, 0.3) is 0 Å². The van der Waals surface area contributed by atoms with Crippen LogP contribution >= 0.6 is 23.2 Å². The van der Waals surface area contributed by atoms with Crippen LogP contribution in [0.4, 0.5) is 5.82 Å². The molecule has 3 aromatic heterocycles. The van der Waals surface area contributed by atoms with E-state index in [4.69, 9.17) is 37.4 Å². The van der Waals surface area contributed by atoms with Crippen LogP contribution in [0.25, 0.3) is 27.7 Å². The van der Waals surface area contributed by atoms with Gasteiger partial charge in [-0.3, -0.25) is 4.98 Å². The molecule has 1 saturated carbocycles. The van der Waals surface area contributed by atoms with Gasteiger partial charge < -0.3 is 14.2 Å². The van der Waals surface area contributed by atoms with Crippen molar-refractivity contribution < 1.29 is 9.26 Å². The summed E-state index contributed by atoms with van der Waals surface area (Å²) in [7, 11) is 1.69. The van der Waals surface area contributed by atoms with Crippen LogP contribution in [-0.2, 0) is 0 Å². The molecule has 4 aromatic rings. The van der Waals surface area contributed by atoms with Gasteiger partial charge in [0.15, 0.2) is 0 Å². The Balaban J connectivity index is 1.15. The Labute approximate surface area is 225 Å². The van der Waals surface area contributed by atoms with Gasteiger partial charge in [0.2, 0.25) is 0 Å². The lowest BCUT2D eigenvalue weighted by atomic mass is 9.63. The summed E-state index contributed by atoms with van der Waals surface area (Å²) in [4.78, 5) is 11.4. The number of anilines is 1. The lowest BCUT2D eigenvalue weighted by Crippen LogP contribution is -2.42. The molecule has 0 amide bonds. The first-order valence-electron chi connectivity index (χ1n) is 12.7. The number of piperidine rings is 1. The van der Waals surface area contributed by atoms with E-state index in [0.717, 1.165) is 84.7 Å². The van der Waals surface area contributed by atoms with E-state index in [2.05, 4.69) is 39.3 Å². The van der Waals surface area contributed by atoms with Crippen molar-refractivity contribution in [2.45, 2.75) is 38.0 Å². The molecule has 0 bridgehead atoms. The number of nitrogens with zero attached hydrogens (tertiary/aromatic N) is 4. The van der Waals surface area contributed by atoms with Crippen LogP contribution in [0, 0.1) is 5.41 Å². The first-order valence-corrected chi connectivity index (χ1v) is 13.5. The zero-order valence-corrected chi connectivity index (χ0v) is 22.0. The Morgan fingerprint density at radius 3 is 2.49 bits per heavy atom. The molecule has 188 valence electrons. The number of rotatable bonds is 5. The first-order chi connectivity index (χ1) is 18.0. The highest BCUT2D eigenvalue weighted by molar-refractivity contribution is 6.39. The van der Waals surface area contributed by atoms with Gasteiger partial charge in [-0.15, -0.1) is 0 Å². The molecule has 0 atom stereocenters. The van der Waals surface area contributed by atoms with Crippen LogP contribution in [0.5, 0.6) is 5.75 Å². The Kier molecular flexibility index (Phi) is 5.45. The first kappa shape index (κ1) is 23.1. The molecule has 1 aliphatic heterocycles. The molecule has 37 heavy (non-hydrogen) atoms. The molecule has 4 heterocycles. The normalized spacial score (nSPS) is 18.7. The highest BCUT2D eigenvalue weighted by atomic mass is 35.5. The Morgan fingerprint density at radius 1 is 1.03 bits per heavy atom. The molecule has 1 aromatic carbocycles. The molecule has 2 fully saturated rings. The Hall–Kier alpha value is -3.09. The van der Waals surface area contributed by atoms with Gasteiger partial charge in [0.05, 0.1) is 17.2 Å². The molecule has 0 N–H and O–H groups in total. The monoisotopic (exact) mass is 532 g/mol. The van der Waals surface area contributed by atoms with Crippen LogP contribution in [0.2, 0.25) is 10.0 Å². The van der Waals surface area contributed by atoms with Gasteiger partial charge in [0.1, 0.15) is 28.5 Å². The number of ether oxygens (including phenoxy) is 1. The molecule has 6 nitrogen and oxygen atoms in total. The van der Waals surface area contributed by atoms with Gasteiger partial charge in [-0.05, 0) is 61.3 Å². The van der Waals surface area contributed by atoms with Crippen molar-refractivity contribution in [1.29, 1.82) is 0 Å². The van der Waals surface area contributed by atoms with E-state index in [0.29, 0.717) is 21.5 Å². The molecule has 8 heteroatoms. The number of benzene rings is 1. The molecule has 0 unspecified atom stereocenters. The number of hydrogen-bond acceptors (Lipinski definition) is 6. The van der Waals surface area contributed by atoms with Crippen LogP contribution in [0.1, 0.15) is 49.3 Å². The minimum Gasteiger partial charge on any atom is -0.494 e. The summed E-state index contributed by atoms with van der Waals surface area (Å²) < 4.78 is 11.4. The number of pyridine rings is 2. The fourth-order valence-electron chi connectivity index (χ4n) is 5.88. The van der Waals surface area contributed by atoms with E-state index in [1.165, 1.54) is 5.57 Å². The van der Waals surface area contributed by atoms with Gasteiger partial charge >= 0.3 is 0 Å². The fraction of sp³-hybridized carbons (Fsp3) is 0.345. The number of halogens is 2. The van der Waals surface area contributed by atoms with Crippen molar-refractivity contribution >= 4 is 45.5 Å². The van der Waals surface area contributed by atoms with E-state index in [9.17, 15) is 0 Å².